The van der Waals surface area contributed by atoms with Crippen LogP contribution in [0.2, 0.25) is 0 Å². The fraction of sp³-hybridized carbons (Fsp3) is 0.429. The molecule has 0 amide bonds. The number of aliphatic hydroxyl groups is 1. The van der Waals surface area contributed by atoms with E-state index in [9.17, 15) is 5.11 Å². The molecular weight excluding hydrogens is 244 g/mol. The molecule has 1 aliphatic rings. The molecule has 11 heavy (non-hydrogen) atoms. The molecule has 1 aromatic rings. The maximum Gasteiger partial charge on any atom is 0.109 e. The van der Waals surface area contributed by atoms with Gasteiger partial charge in [0, 0.05) is 26.9 Å². The highest BCUT2D eigenvalue weighted by Gasteiger charge is 2.38. The molecule has 0 radical (unpaired) electrons. The first kappa shape index (κ1) is 8.10. The zero-order valence-corrected chi connectivity index (χ0v) is 8.93. The molecule has 0 spiro atoms. The molecule has 0 aliphatic carbocycles. The highest BCUT2D eigenvalue weighted by Crippen LogP contribution is 2.42. The molecule has 2 rings (SSSR count). The van der Waals surface area contributed by atoms with Gasteiger partial charge >= 0.3 is 0 Å². The molecule has 1 aliphatic heterocycles. The van der Waals surface area contributed by atoms with Crippen molar-refractivity contribution >= 4 is 39.0 Å². The Morgan fingerprint density at radius 1 is 1.45 bits per heavy atom. The Morgan fingerprint density at radius 2 is 2.18 bits per heavy atom. The van der Waals surface area contributed by atoms with Crippen LogP contribution in [-0.4, -0.2) is 16.6 Å². The molecule has 4 heteroatoms. The maximum atomic E-state index is 9.91. The van der Waals surface area contributed by atoms with Crippen molar-refractivity contribution in [3.8, 4) is 0 Å². The molecule has 1 nitrogen and oxygen atoms in total. The van der Waals surface area contributed by atoms with Gasteiger partial charge in [-0.15, -0.1) is 0 Å². The standard InChI is InChI=1S/C7H7BrOS2/c8-6-2-10-1-5(6)7(9)3-11-4-7/h1-2,9H,3-4H2. The molecule has 0 bridgehead atoms. The van der Waals surface area contributed by atoms with Gasteiger partial charge < -0.3 is 5.11 Å². The van der Waals surface area contributed by atoms with Crippen LogP contribution in [0.3, 0.4) is 0 Å². The van der Waals surface area contributed by atoms with E-state index in [-0.39, 0.29) is 0 Å². The Kier molecular flexibility index (Phi) is 2.04. The van der Waals surface area contributed by atoms with Crippen LogP contribution in [0.5, 0.6) is 0 Å². The van der Waals surface area contributed by atoms with Gasteiger partial charge in [0.2, 0.25) is 0 Å². The number of hydrogen-bond donors (Lipinski definition) is 1. The van der Waals surface area contributed by atoms with Crippen LogP contribution in [0.4, 0.5) is 0 Å². The van der Waals surface area contributed by atoms with E-state index in [1.807, 2.05) is 10.8 Å². The van der Waals surface area contributed by atoms with E-state index in [1.54, 1.807) is 23.1 Å². The largest absolute Gasteiger partial charge is 0.383 e. The molecule has 2 heterocycles. The zero-order chi connectivity index (χ0) is 7.90. The molecular formula is C7H7BrOS2. The summed E-state index contributed by atoms with van der Waals surface area (Å²) in [5.41, 5.74) is 0.519. The summed E-state index contributed by atoms with van der Waals surface area (Å²) in [6, 6.07) is 0. The predicted octanol–water partition coefficient (Wildman–Crippen LogP) is 2.45. The van der Waals surface area contributed by atoms with Gasteiger partial charge in [-0.2, -0.15) is 23.1 Å². The molecule has 0 atom stereocenters. The van der Waals surface area contributed by atoms with Crippen molar-refractivity contribution in [2.45, 2.75) is 5.60 Å². The lowest BCUT2D eigenvalue weighted by atomic mass is 10.0. The SMILES string of the molecule is OC1(c2cscc2Br)CSC1. The van der Waals surface area contributed by atoms with Crippen molar-refractivity contribution in [3.63, 3.8) is 0 Å². The highest BCUT2D eigenvalue weighted by molar-refractivity contribution is 9.10. The summed E-state index contributed by atoms with van der Waals surface area (Å²) in [5.74, 6) is 1.67. The summed E-state index contributed by atoms with van der Waals surface area (Å²) >= 11 is 6.83. The van der Waals surface area contributed by atoms with Crippen LogP contribution in [0, 0.1) is 0 Å². The van der Waals surface area contributed by atoms with Gasteiger partial charge in [-0.3, -0.25) is 0 Å². The van der Waals surface area contributed by atoms with E-state index in [2.05, 4.69) is 15.9 Å². The topological polar surface area (TPSA) is 20.2 Å². The number of halogens is 1. The lowest BCUT2D eigenvalue weighted by Gasteiger charge is -2.35. The fourth-order valence-corrected chi connectivity index (χ4v) is 3.72. The van der Waals surface area contributed by atoms with Crippen LogP contribution in [0.15, 0.2) is 15.2 Å². The van der Waals surface area contributed by atoms with Gasteiger partial charge in [0.15, 0.2) is 0 Å². The van der Waals surface area contributed by atoms with Crippen molar-refractivity contribution in [2.75, 3.05) is 11.5 Å². The lowest BCUT2D eigenvalue weighted by Crippen LogP contribution is -2.39. The van der Waals surface area contributed by atoms with E-state index in [0.717, 1.165) is 21.5 Å². The second-order valence-electron chi connectivity index (χ2n) is 2.66. The summed E-state index contributed by atoms with van der Waals surface area (Å²) in [6.45, 7) is 0. The summed E-state index contributed by atoms with van der Waals surface area (Å²) in [4.78, 5) is 0. The molecule has 0 aromatic carbocycles. The summed E-state index contributed by atoms with van der Waals surface area (Å²) in [7, 11) is 0. The van der Waals surface area contributed by atoms with Crippen LogP contribution in [0.25, 0.3) is 0 Å². The summed E-state index contributed by atoms with van der Waals surface area (Å²) in [6.07, 6.45) is 0. The Balaban J connectivity index is 2.35. The first-order chi connectivity index (χ1) is 5.22. The Hall–Kier alpha value is 0.490. The molecule has 0 unspecified atom stereocenters. The molecule has 1 aromatic heterocycles. The van der Waals surface area contributed by atoms with Gasteiger partial charge in [-0.1, -0.05) is 0 Å². The fourth-order valence-electron chi connectivity index (χ4n) is 1.06. The van der Waals surface area contributed by atoms with Crippen LogP contribution < -0.4 is 0 Å². The number of rotatable bonds is 1. The van der Waals surface area contributed by atoms with E-state index < -0.39 is 5.60 Å². The monoisotopic (exact) mass is 250 g/mol. The van der Waals surface area contributed by atoms with Gasteiger partial charge in [0.05, 0.1) is 0 Å². The smallest absolute Gasteiger partial charge is 0.109 e. The molecule has 1 saturated heterocycles. The van der Waals surface area contributed by atoms with Crippen LogP contribution in [-0.2, 0) is 5.60 Å². The first-order valence-electron chi connectivity index (χ1n) is 3.25. The van der Waals surface area contributed by atoms with Crippen molar-refractivity contribution in [2.24, 2.45) is 0 Å². The van der Waals surface area contributed by atoms with E-state index in [0.29, 0.717) is 0 Å². The second kappa shape index (κ2) is 2.76. The zero-order valence-electron chi connectivity index (χ0n) is 5.71. The van der Waals surface area contributed by atoms with Gasteiger partial charge in [-0.05, 0) is 21.3 Å². The summed E-state index contributed by atoms with van der Waals surface area (Å²) in [5, 5.41) is 13.9. The maximum absolute atomic E-state index is 9.91. The summed E-state index contributed by atoms with van der Waals surface area (Å²) < 4.78 is 1.05. The third kappa shape index (κ3) is 1.26. The van der Waals surface area contributed by atoms with Crippen molar-refractivity contribution < 1.29 is 5.11 Å². The Morgan fingerprint density at radius 3 is 2.55 bits per heavy atom. The van der Waals surface area contributed by atoms with Crippen LogP contribution >= 0.6 is 39.0 Å². The lowest BCUT2D eigenvalue weighted by molar-refractivity contribution is 0.0766. The normalized spacial score (nSPS) is 21.3. The van der Waals surface area contributed by atoms with E-state index in [4.69, 9.17) is 0 Å². The molecule has 0 saturated carbocycles. The third-order valence-corrected chi connectivity index (χ3v) is 4.86. The molecule has 1 fully saturated rings. The number of thioether (sulfide) groups is 1. The van der Waals surface area contributed by atoms with Crippen molar-refractivity contribution in [3.05, 3.63) is 20.8 Å². The number of hydrogen-bond acceptors (Lipinski definition) is 3. The first-order valence-corrected chi connectivity index (χ1v) is 6.14. The average Bonchev–Trinajstić information content (AvgIpc) is 2.30. The minimum Gasteiger partial charge on any atom is -0.383 e. The minimum absolute atomic E-state index is 0.538. The Labute approximate surface area is 81.9 Å². The van der Waals surface area contributed by atoms with Gasteiger partial charge in [-0.25, -0.2) is 0 Å². The van der Waals surface area contributed by atoms with Crippen molar-refractivity contribution in [1.82, 2.24) is 0 Å². The van der Waals surface area contributed by atoms with E-state index in [1.165, 1.54) is 0 Å². The predicted molar refractivity (Wildman–Crippen MR) is 53.2 cm³/mol. The van der Waals surface area contributed by atoms with Crippen molar-refractivity contribution in [1.29, 1.82) is 0 Å². The average molecular weight is 251 g/mol. The second-order valence-corrected chi connectivity index (χ2v) is 5.24. The van der Waals surface area contributed by atoms with Crippen LogP contribution in [0.1, 0.15) is 5.56 Å². The molecule has 60 valence electrons. The van der Waals surface area contributed by atoms with Gasteiger partial charge in [0.25, 0.3) is 0 Å². The third-order valence-electron chi connectivity index (χ3n) is 1.80. The highest BCUT2D eigenvalue weighted by atomic mass is 79.9. The van der Waals surface area contributed by atoms with E-state index >= 15 is 0 Å². The Bertz CT molecular complexity index is 267. The quantitative estimate of drug-likeness (QED) is 0.827. The molecule has 1 N–H and O–H groups in total. The van der Waals surface area contributed by atoms with Gasteiger partial charge in [0.1, 0.15) is 5.60 Å². The minimum atomic E-state index is -0.538. The number of thiophene rings is 1.